The SMILES string of the molecule is Brc1ccc(-c2cc3ccccc3c3ccccc23)cc1.Brc1ccc(I)cc1.C.OB(O)c1cc2ccccc2c2ccccc12. The van der Waals surface area contributed by atoms with Crippen LogP contribution >= 0.6 is 54.5 Å². The van der Waals surface area contributed by atoms with Gasteiger partial charge in [-0.2, -0.15) is 0 Å². The van der Waals surface area contributed by atoms with E-state index in [1.54, 1.807) is 0 Å². The van der Waals surface area contributed by atoms with Gasteiger partial charge >= 0.3 is 7.12 Å². The second-order valence-electron chi connectivity index (χ2n) is 10.7. The van der Waals surface area contributed by atoms with Gasteiger partial charge in [0.2, 0.25) is 0 Å². The van der Waals surface area contributed by atoms with Crippen LogP contribution in [0.3, 0.4) is 0 Å². The van der Waals surface area contributed by atoms with E-state index in [1.165, 1.54) is 36.2 Å². The molecule has 2 nitrogen and oxygen atoms in total. The van der Waals surface area contributed by atoms with Crippen LogP contribution in [0, 0.1) is 3.57 Å². The Morgan fingerprint density at radius 2 is 0.851 bits per heavy atom. The zero-order valence-electron chi connectivity index (χ0n) is 24.6. The topological polar surface area (TPSA) is 40.5 Å². The van der Waals surface area contributed by atoms with Gasteiger partial charge in [0.05, 0.1) is 0 Å². The molecule has 0 aliphatic rings. The van der Waals surface area contributed by atoms with Crippen molar-refractivity contribution in [1.29, 1.82) is 0 Å². The van der Waals surface area contributed by atoms with Crippen LogP contribution in [0.4, 0.5) is 0 Å². The van der Waals surface area contributed by atoms with Crippen molar-refractivity contribution >= 4 is 110 Å². The molecular formula is C41H32BBr2IO2. The molecule has 0 saturated heterocycles. The summed E-state index contributed by atoms with van der Waals surface area (Å²) in [6, 6.07) is 53.8. The van der Waals surface area contributed by atoms with Crippen molar-refractivity contribution in [2.24, 2.45) is 0 Å². The Balaban J connectivity index is 0.000000150. The fraction of sp³-hybridized carbons (Fsp3) is 0.0244. The Morgan fingerprint density at radius 3 is 1.36 bits per heavy atom. The average molecular weight is 854 g/mol. The molecular weight excluding hydrogens is 822 g/mol. The molecule has 8 aromatic carbocycles. The third-order valence-electron chi connectivity index (χ3n) is 7.81. The Bertz CT molecular complexity index is 2250. The van der Waals surface area contributed by atoms with Crippen LogP contribution in [-0.4, -0.2) is 17.2 Å². The number of rotatable bonds is 2. The highest BCUT2D eigenvalue weighted by molar-refractivity contribution is 14.1. The van der Waals surface area contributed by atoms with E-state index in [0.717, 1.165) is 30.5 Å². The fourth-order valence-electron chi connectivity index (χ4n) is 5.65. The maximum Gasteiger partial charge on any atom is 0.489 e. The van der Waals surface area contributed by atoms with Crippen LogP contribution in [0.2, 0.25) is 0 Å². The number of hydrogen-bond donors (Lipinski definition) is 2. The summed E-state index contributed by atoms with van der Waals surface area (Å²) < 4.78 is 3.51. The molecule has 0 unspecified atom stereocenters. The number of fused-ring (bicyclic) bond motifs is 6. The second kappa shape index (κ2) is 16.0. The van der Waals surface area contributed by atoms with Crippen molar-refractivity contribution in [3.63, 3.8) is 0 Å². The number of hydrogen-bond acceptors (Lipinski definition) is 2. The molecule has 0 aromatic heterocycles. The van der Waals surface area contributed by atoms with Crippen LogP contribution in [0.25, 0.3) is 54.2 Å². The zero-order chi connectivity index (χ0) is 32.0. The molecule has 8 rings (SSSR count). The van der Waals surface area contributed by atoms with Crippen molar-refractivity contribution in [3.8, 4) is 11.1 Å². The lowest BCUT2D eigenvalue weighted by Gasteiger charge is -2.11. The number of halogens is 3. The largest absolute Gasteiger partial charge is 0.489 e. The standard InChI is InChI=1S/C20H13Br.C14H11BO2.C6H4BrI.CH4/c21-16-11-9-14(10-12-16)20-13-15-5-1-2-6-17(15)18-7-3-4-8-19(18)20;16-15(17)14-9-10-5-1-2-6-11(10)12-7-3-4-8-13(12)14;7-5-1-3-6(8)4-2-5;/h1-13H;1-9,16-17H;1-4H;1H4. The van der Waals surface area contributed by atoms with Gasteiger partial charge in [-0.1, -0.05) is 155 Å². The first-order valence-electron chi connectivity index (χ1n) is 14.7. The van der Waals surface area contributed by atoms with Crippen molar-refractivity contribution in [2.75, 3.05) is 0 Å². The van der Waals surface area contributed by atoms with E-state index >= 15 is 0 Å². The molecule has 0 amide bonds. The van der Waals surface area contributed by atoms with Crippen molar-refractivity contribution < 1.29 is 10.0 Å². The van der Waals surface area contributed by atoms with Gasteiger partial charge in [0.15, 0.2) is 0 Å². The van der Waals surface area contributed by atoms with Gasteiger partial charge in [-0.3, -0.25) is 0 Å². The van der Waals surface area contributed by atoms with E-state index in [0.29, 0.717) is 5.46 Å². The lowest BCUT2D eigenvalue weighted by atomic mass is 9.76. The van der Waals surface area contributed by atoms with Crippen LogP contribution in [0.1, 0.15) is 7.43 Å². The zero-order valence-corrected chi connectivity index (χ0v) is 29.9. The third kappa shape index (κ3) is 8.14. The maximum atomic E-state index is 9.44. The molecule has 0 aliphatic heterocycles. The molecule has 8 aromatic rings. The van der Waals surface area contributed by atoms with Gasteiger partial charge in [-0.05, 0) is 125 Å². The van der Waals surface area contributed by atoms with E-state index in [4.69, 9.17) is 0 Å². The van der Waals surface area contributed by atoms with E-state index in [1.807, 2.05) is 66.7 Å². The maximum absolute atomic E-state index is 9.44. The van der Waals surface area contributed by atoms with Crippen molar-refractivity contribution in [1.82, 2.24) is 0 Å². The van der Waals surface area contributed by atoms with Gasteiger partial charge in [-0.15, -0.1) is 0 Å². The van der Waals surface area contributed by atoms with E-state index in [2.05, 4.69) is 145 Å². The molecule has 0 heterocycles. The summed E-state index contributed by atoms with van der Waals surface area (Å²) in [6.45, 7) is 0. The molecule has 0 saturated carbocycles. The van der Waals surface area contributed by atoms with Crippen LogP contribution in [0.15, 0.2) is 167 Å². The van der Waals surface area contributed by atoms with E-state index < -0.39 is 7.12 Å². The Morgan fingerprint density at radius 1 is 0.447 bits per heavy atom. The summed E-state index contributed by atoms with van der Waals surface area (Å²) in [5.41, 5.74) is 3.09. The van der Waals surface area contributed by atoms with Gasteiger partial charge in [0.1, 0.15) is 0 Å². The molecule has 0 spiro atoms. The lowest BCUT2D eigenvalue weighted by Crippen LogP contribution is -2.30. The first-order chi connectivity index (χ1) is 22.4. The molecule has 0 fully saturated rings. The highest BCUT2D eigenvalue weighted by Gasteiger charge is 2.16. The third-order valence-corrected chi connectivity index (χ3v) is 9.58. The smallest absolute Gasteiger partial charge is 0.423 e. The van der Waals surface area contributed by atoms with Crippen LogP contribution in [-0.2, 0) is 0 Å². The molecule has 0 radical (unpaired) electrons. The summed E-state index contributed by atoms with van der Waals surface area (Å²) in [5.74, 6) is 0. The summed E-state index contributed by atoms with van der Waals surface area (Å²) >= 11 is 9.13. The first kappa shape index (κ1) is 34.8. The minimum Gasteiger partial charge on any atom is -0.423 e. The quantitative estimate of drug-likeness (QED) is 0.103. The molecule has 0 bridgehead atoms. The minimum absolute atomic E-state index is 0. The van der Waals surface area contributed by atoms with E-state index in [9.17, 15) is 10.0 Å². The summed E-state index contributed by atoms with van der Waals surface area (Å²) in [4.78, 5) is 0. The van der Waals surface area contributed by atoms with Gasteiger partial charge < -0.3 is 10.0 Å². The summed E-state index contributed by atoms with van der Waals surface area (Å²) in [6.07, 6.45) is 0. The molecule has 0 atom stereocenters. The Labute approximate surface area is 306 Å². The molecule has 47 heavy (non-hydrogen) atoms. The summed E-state index contributed by atoms with van der Waals surface area (Å²) in [5, 5.41) is 28.2. The van der Waals surface area contributed by atoms with E-state index in [-0.39, 0.29) is 7.43 Å². The summed E-state index contributed by atoms with van der Waals surface area (Å²) in [7, 11) is -1.44. The predicted octanol–water partition coefficient (Wildman–Crippen LogP) is 11.8. The Kier molecular flexibility index (Phi) is 11.9. The molecule has 6 heteroatoms. The average Bonchev–Trinajstić information content (AvgIpc) is 3.10. The predicted molar refractivity (Wildman–Crippen MR) is 219 cm³/mol. The normalized spacial score (nSPS) is 10.5. The highest BCUT2D eigenvalue weighted by atomic mass is 127. The van der Waals surface area contributed by atoms with Crippen molar-refractivity contribution in [2.45, 2.75) is 7.43 Å². The first-order valence-corrected chi connectivity index (χ1v) is 17.4. The molecule has 232 valence electrons. The lowest BCUT2D eigenvalue weighted by molar-refractivity contribution is 0.426. The molecule has 2 N–H and O–H groups in total. The van der Waals surface area contributed by atoms with Gasteiger partial charge in [0.25, 0.3) is 0 Å². The Hall–Kier alpha value is -3.53. The second-order valence-corrected chi connectivity index (χ2v) is 13.8. The fourth-order valence-corrected chi connectivity index (χ4v) is 6.54. The van der Waals surface area contributed by atoms with Crippen LogP contribution in [0.5, 0.6) is 0 Å². The minimum atomic E-state index is -1.44. The molecule has 0 aliphatic carbocycles. The van der Waals surface area contributed by atoms with Crippen LogP contribution < -0.4 is 5.46 Å². The van der Waals surface area contributed by atoms with Gasteiger partial charge in [-0.25, -0.2) is 0 Å². The monoisotopic (exact) mass is 852 g/mol. The van der Waals surface area contributed by atoms with Gasteiger partial charge in [0, 0.05) is 12.5 Å². The number of benzene rings is 8. The highest BCUT2D eigenvalue weighted by Crippen LogP contribution is 2.35. The van der Waals surface area contributed by atoms with Crippen molar-refractivity contribution in [3.05, 3.63) is 170 Å².